The second-order valence-electron chi connectivity index (χ2n) is 7.36. The molecular formula is C20H19Cl2N5O2. The molecule has 0 saturated carbocycles. The molecule has 5 rings (SSSR count). The highest BCUT2D eigenvalue weighted by Gasteiger charge is 2.34. The molecule has 2 unspecified atom stereocenters. The number of fused-ring (bicyclic) bond motifs is 3. The number of H-pyrrole nitrogens is 1. The van der Waals surface area contributed by atoms with Crippen molar-refractivity contribution in [2.24, 2.45) is 0 Å². The monoisotopic (exact) mass is 431 g/mol. The Morgan fingerprint density at radius 2 is 1.97 bits per heavy atom. The molecule has 3 aromatic rings. The SMILES string of the molecule is O=C(Nc1cnc(N2CC3CCC(C2)O3)c(Cl)c1)Nc1c[nH]c2ccc(Cl)cc12. The first-order valence-electron chi connectivity index (χ1n) is 9.46. The van der Waals surface area contributed by atoms with E-state index in [0.29, 0.717) is 21.4 Å². The molecule has 0 spiro atoms. The van der Waals surface area contributed by atoms with Crippen molar-refractivity contribution in [1.82, 2.24) is 9.97 Å². The van der Waals surface area contributed by atoms with E-state index in [9.17, 15) is 4.79 Å². The van der Waals surface area contributed by atoms with Crippen LogP contribution in [0.4, 0.5) is 22.0 Å². The van der Waals surface area contributed by atoms with E-state index in [1.54, 1.807) is 30.6 Å². The number of amides is 2. The molecule has 4 heterocycles. The molecule has 2 aliphatic heterocycles. The lowest BCUT2D eigenvalue weighted by atomic mass is 10.2. The molecule has 3 N–H and O–H groups in total. The summed E-state index contributed by atoms with van der Waals surface area (Å²) in [5.41, 5.74) is 2.04. The minimum atomic E-state index is -0.388. The predicted octanol–water partition coefficient (Wildman–Crippen LogP) is 4.88. The zero-order valence-electron chi connectivity index (χ0n) is 15.4. The fourth-order valence-electron chi connectivity index (χ4n) is 4.00. The van der Waals surface area contributed by atoms with Gasteiger partial charge in [0.05, 0.1) is 34.8 Å². The number of morpholine rings is 1. The minimum absolute atomic E-state index is 0.250. The summed E-state index contributed by atoms with van der Waals surface area (Å²) >= 11 is 12.5. The normalized spacial score (nSPS) is 20.8. The van der Waals surface area contributed by atoms with Gasteiger partial charge in [0, 0.05) is 35.2 Å². The van der Waals surface area contributed by atoms with Crippen molar-refractivity contribution >= 4 is 57.3 Å². The van der Waals surface area contributed by atoms with Crippen molar-refractivity contribution in [2.75, 3.05) is 28.6 Å². The van der Waals surface area contributed by atoms with Crippen LogP contribution in [0.3, 0.4) is 0 Å². The molecule has 2 bridgehead atoms. The van der Waals surface area contributed by atoms with E-state index in [-0.39, 0.29) is 18.2 Å². The highest BCUT2D eigenvalue weighted by atomic mass is 35.5. The van der Waals surface area contributed by atoms with Crippen LogP contribution in [-0.4, -0.2) is 41.3 Å². The van der Waals surface area contributed by atoms with Gasteiger partial charge >= 0.3 is 6.03 Å². The predicted molar refractivity (Wildman–Crippen MR) is 115 cm³/mol. The molecule has 0 aliphatic carbocycles. The summed E-state index contributed by atoms with van der Waals surface area (Å²) in [6.45, 7) is 1.58. The number of nitrogens with zero attached hydrogens (tertiary/aromatic N) is 2. The number of pyridine rings is 1. The lowest BCUT2D eigenvalue weighted by Gasteiger charge is -2.33. The zero-order valence-corrected chi connectivity index (χ0v) is 16.9. The average molecular weight is 432 g/mol. The van der Waals surface area contributed by atoms with Gasteiger partial charge in [-0.2, -0.15) is 0 Å². The van der Waals surface area contributed by atoms with Crippen LogP contribution in [0.2, 0.25) is 10.0 Å². The third kappa shape index (κ3) is 3.73. The Bertz CT molecular complexity index is 1070. The van der Waals surface area contributed by atoms with E-state index < -0.39 is 0 Å². The molecule has 2 saturated heterocycles. The summed E-state index contributed by atoms with van der Waals surface area (Å²) < 4.78 is 5.86. The maximum atomic E-state index is 12.4. The third-order valence-corrected chi connectivity index (χ3v) is 5.83. The van der Waals surface area contributed by atoms with Crippen LogP contribution in [0.1, 0.15) is 12.8 Å². The first-order valence-corrected chi connectivity index (χ1v) is 10.2. The number of ether oxygens (including phenoxy) is 1. The standard InChI is InChI=1S/C20H19Cl2N5O2/c21-11-1-4-17-15(5-11)18(8-23-17)26-20(28)25-12-6-16(22)19(24-7-12)27-9-13-2-3-14(10-27)29-13/h1,4-8,13-14,23H,2-3,9-10H2,(H2,25,26,28). The van der Waals surface area contributed by atoms with Crippen molar-refractivity contribution in [3.05, 3.63) is 46.7 Å². The summed E-state index contributed by atoms with van der Waals surface area (Å²) in [6.07, 6.45) is 6.00. The number of urea groups is 1. The first-order chi connectivity index (χ1) is 14.0. The van der Waals surface area contributed by atoms with Gasteiger partial charge in [-0.1, -0.05) is 23.2 Å². The van der Waals surface area contributed by atoms with Crippen molar-refractivity contribution in [3.8, 4) is 0 Å². The lowest BCUT2D eigenvalue weighted by molar-refractivity contribution is 0.0302. The lowest BCUT2D eigenvalue weighted by Crippen LogP contribution is -2.43. The van der Waals surface area contributed by atoms with Crippen LogP contribution in [0.5, 0.6) is 0 Å². The van der Waals surface area contributed by atoms with Gasteiger partial charge in [-0.05, 0) is 37.1 Å². The molecule has 29 heavy (non-hydrogen) atoms. The van der Waals surface area contributed by atoms with E-state index >= 15 is 0 Å². The number of hydrogen-bond donors (Lipinski definition) is 3. The smallest absolute Gasteiger partial charge is 0.323 e. The third-order valence-electron chi connectivity index (χ3n) is 5.31. The van der Waals surface area contributed by atoms with Crippen LogP contribution in [0.25, 0.3) is 10.9 Å². The Kier molecular flexibility index (Phi) is 4.73. The van der Waals surface area contributed by atoms with Gasteiger partial charge in [0.2, 0.25) is 0 Å². The minimum Gasteiger partial charge on any atom is -0.371 e. The second-order valence-corrected chi connectivity index (χ2v) is 8.21. The van der Waals surface area contributed by atoms with E-state index in [2.05, 4.69) is 25.5 Å². The van der Waals surface area contributed by atoms with Crippen LogP contribution in [0.15, 0.2) is 36.7 Å². The second kappa shape index (κ2) is 7.40. The molecule has 150 valence electrons. The van der Waals surface area contributed by atoms with Gasteiger partial charge in [0.25, 0.3) is 0 Å². The van der Waals surface area contributed by atoms with E-state index in [1.807, 2.05) is 6.07 Å². The molecule has 2 aromatic heterocycles. The number of aromatic nitrogens is 2. The number of rotatable bonds is 3. The number of nitrogens with one attached hydrogen (secondary N) is 3. The fraction of sp³-hybridized carbons (Fsp3) is 0.300. The molecule has 7 nitrogen and oxygen atoms in total. The number of aromatic amines is 1. The van der Waals surface area contributed by atoms with Crippen LogP contribution < -0.4 is 15.5 Å². The number of benzene rings is 1. The van der Waals surface area contributed by atoms with E-state index in [1.165, 1.54) is 0 Å². The van der Waals surface area contributed by atoms with E-state index in [0.717, 1.165) is 42.7 Å². The highest BCUT2D eigenvalue weighted by Crippen LogP contribution is 2.33. The molecule has 2 atom stereocenters. The van der Waals surface area contributed by atoms with Gasteiger partial charge in [0.15, 0.2) is 0 Å². The Hall–Kier alpha value is -2.48. The molecular weight excluding hydrogens is 413 g/mol. The Morgan fingerprint density at radius 1 is 1.17 bits per heavy atom. The summed E-state index contributed by atoms with van der Waals surface area (Å²) in [7, 11) is 0. The maximum Gasteiger partial charge on any atom is 0.323 e. The molecule has 9 heteroatoms. The number of halogens is 2. The van der Waals surface area contributed by atoms with Gasteiger partial charge in [0.1, 0.15) is 5.82 Å². The molecule has 2 fully saturated rings. The highest BCUT2D eigenvalue weighted by molar-refractivity contribution is 6.33. The first kappa shape index (κ1) is 18.5. The Balaban J connectivity index is 1.28. The zero-order chi connectivity index (χ0) is 20.0. The Labute approximate surface area is 177 Å². The summed E-state index contributed by atoms with van der Waals surface area (Å²) in [5.74, 6) is 0.726. The number of carbonyl (C=O) groups excluding carboxylic acids is 1. The molecule has 2 amide bonds. The number of carbonyl (C=O) groups is 1. The largest absolute Gasteiger partial charge is 0.371 e. The van der Waals surface area contributed by atoms with Crippen LogP contribution in [-0.2, 0) is 4.74 Å². The van der Waals surface area contributed by atoms with Crippen LogP contribution in [0, 0.1) is 0 Å². The summed E-state index contributed by atoms with van der Waals surface area (Å²) in [6, 6.07) is 6.78. The van der Waals surface area contributed by atoms with Crippen LogP contribution >= 0.6 is 23.2 Å². The molecule has 0 radical (unpaired) electrons. The van der Waals surface area contributed by atoms with Gasteiger partial charge < -0.3 is 25.3 Å². The van der Waals surface area contributed by atoms with Crippen molar-refractivity contribution < 1.29 is 9.53 Å². The maximum absolute atomic E-state index is 12.4. The number of hydrogen-bond acceptors (Lipinski definition) is 4. The summed E-state index contributed by atoms with van der Waals surface area (Å²) in [5, 5.41) is 7.53. The van der Waals surface area contributed by atoms with Crippen molar-refractivity contribution in [2.45, 2.75) is 25.0 Å². The number of anilines is 3. The fourth-order valence-corrected chi connectivity index (χ4v) is 4.46. The summed E-state index contributed by atoms with van der Waals surface area (Å²) in [4.78, 5) is 22.2. The van der Waals surface area contributed by atoms with Gasteiger partial charge in [-0.25, -0.2) is 9.78 Å². The average Bonchev–Trinajstić information content (AvgIpc) is 3.24. The van der Waals surface area contributed by atoms with Crippen molar-refractivity contribution in [1.29, 1.82) is 0 Å². The van der Waals surface area contributed by atoms with Gasteiger partial charge in [-0.3, -0.25) is 0 Å². The van der Waals surface area contributed by atoms with E-state index in [4.69, 9.17) is 27.9 Å². The quantitative estimate of drug-likeness (QED) is 0.551. The molecule has 2 aliphatic rings. The molecule has 1 aromatic carbocycles. The topological polar surface area (TPSA) is 82.3 Å². The Morgan fingerprint density at radius 3 is 2.72 bits per heavy atom. The van der Waals surface area contributed by atoms with Crippen molar-refractivity contribution in [3.63, 3.8) is 0 Å². The van der Waals surface area contributed by atoms with Gasteiger partial charge in [-0.15, -0.1) is 0 Å².